The molecular formula is C16H20F3N3O. The summed E-state index contributed by atoms with van der Waals surface area (Å²) in [6, 6.07) is 1.58. The minimum atomic E-state index is -4.35. The number of halogens is 3. The van der Waals surface area contributed by atoms with Crippen LogP contribution in [0.3, 0.4) is 0 Å². The van der Waals surface area contributed by atoms with Gasteiger partial charge < -0.3 is 10.1 Å². The third-order valence-electron chi connectivity index (χ3n) is 4.33. The predicted molar refractivity (Wildman–Crippen MR) is 81.0 cm³/mol. The van der Waals surface area contributed by atoms with Gasteiger partial charge in [-0.1, -0.05) is 6.92 Å². The van der Waals surface area contributed by atoms with Crippen molar-refractivity contribution in [3.8, 4) is 5.75 Å². The average Bonchev–Trinajstić information content (AvgIpc) is 3.27. The highest BCUT2D eigenvalue weighted by atomic mass is 19.4. The summed E-state index contributed by atoms with van der Waals surface area (Å²) in [5, 5.41) is 3.31. The van der Waals surface area contributed by atoms with Crippen LogP contribution in [0.15, 0.2) is 17.3 Å². The van der Waals surface area contributed by atoms with Crippen molar-refractivity contribution in [2.24, 2.45) is 4.99 Å². The Hall–Kier alpha value is -1.79. The number of ether oxygens (including phenoxy) is 1. The van der Waals surface area contributed by atoms with E-state index in [1.165, 1.54) is 0 Å². The zero-order valence-electron chi connectivity index (χ0n) is 13.2. The molecule has 23 heavy (non-hydrogen) atoms. The summed E-state index contributed by atoms with van der Waals surface area (Å²) >= 11 is 0. The van der Waals surface area contributed by atoms with E-state index in [0.29, 0.717) is 18.1 Å². The number of nitrogens with one attached hydrogen (secondary N) is 1. The third kappa shape index (κ3) is 3.76. The molecule has 1 saturated carbocycles. The number of aromatic nitrogens is 1. The van der Waals surface area contributed by atoms with Gasteiger partial charge in [-0.25, -0.2) is 0 Å². The van der Waals surface area contributed by atoms with Crippen LogP contribution < -0.4 is 10.1 Å². The van der Waals surface area contributed by atoms with Crippen LogP contribution in [0, 0.1) is 0 Å². The number of rotatable bonds is 5. The molecule has 3 rings (SSSR count). The fourth-order valence-electron chi connectivity index (χ4n) is 2.53. The lowest BCUT2D eigenvalue weighted by Gasteiger charge is -2.22. The van der Waals surface area contributed by atoms with E-state index in [9.17, 15) is 13.2 Å². The van der Waals surface area contributed by atoms with Crippen molar-refractivity contribution in [2.75, 3.05) is 13.2 Å². The Balaban J connectivity index is 1.82. The lowest BCUT2D eigenvalue weighted by atomic mass is 10.0. The molecule has 2 heterocycles. The lowest BCUT2D eigenvalue weighted by Crippen LogP contribution is -2.42. The molecule has 0 aromatic carbocycles. The van der Waals surface area contributed by atoms with Crippen LogP contribution in [0.1, 0.15) is 50.3 Å². The number of alkyl halides is 3. The van der Waals surface area contributed by atoms with E-state index in [4.69, 9.17) is 4.74 Å². The van der Waals surface area contributed by atoms with E-state index >= 15 is 0 Å². The Morgan fingerprint density at radius 3 is 2.70 bits per heavy atom. The molecule has 1 aliphatic heterocycles. The molecule has 1 N–H and O–H groups in total. The maximum atomic E-state index is 12.5. The highest BCUT2D eigenvalue weighted by Crippen LogP contribution is 2.44. The Morgan fingerprint density at radius 1 is 1.39 bits per heavy atom. The maximum absolute atomic E-state index is 12.5. The van der Waals surface area contributed by atoms with Gasteiger partial charge in [-0.15, -0.1) is 0 Å². The van der Waals surface area contributed by atoms with Gasteiger partial charge in [0.1, 0.15) is 17.3 Å². The lowest BCUT2D eigenvalue weighted by molar-refractivity contribution is -0.153. The summed E-state index contributed by atoms with van der Waals surface area (Å²) in [5.41, 5.74) is 1.16. The molecule has 1 fully saturated rings. The molecule has 1 aromatic heterocycles. The highest BCUT2D eigenvalue weighted by Gasteiger charge is 2.33. The minimum absolute atomic E-state index is 0.126. The highest BCUT2D eigenvalue weighted by molar-refractivity contribution is 5.99. The van der Waals surface area contributed by atoms with Gasteiger partial charge in [-0.3, -0.25) is 9.98 Å². The van der Waals surface area contributed by atoms with Gasteiger partial charge in [0.15, 0.2) is 6.61 Å². The quantitative estimate of drug-likeness (QED) is 0.901. The van der Waals surface area contributed by atoms with E-state index in [2.05, 4.69) is 29.1 Å². The van der Waals surface area contributed by atoms with Crippen molar-refractivity contribution in [3.63, 3.8) is 0 Å². The predicted octanol–water partition coefficient (Wildman–Crippen LogP) is 3.42. The van der Waals surface area contributed by atoms with Crippen LogP contribution in [0.2, 0.25) is 0 Å². The van der Waals surface area contributed by atoms with Crippen molar-refractivity contribution in [3.05, 3.63) is 23.5 Å². The van der Waals surface area contributed by atoms with Gasteiger partial charge in [-0.05, 0) is 32.1 Å². The summed E-state index contributed by atoms with van der Waals surface area (Å²) in [7, 11) is 0. The summed E-state index contributed by atoms with van der Waals surface area (Å²) in [6.07, 6.45) is 0.114. The number of hydrogen-bond donors (Lipinski definition) is 1. The zero-order valence-corrected chi connectivity index (χ0v) is 13.2. The SMILES string of the molecule is CCC1(C)CN=C(c2cc(OCC(F)(F)F)c(C3CC3)cn2)N1. The third-order valence-corrected chi connectivity index (χ3v) is 4.33. The molecule has 1 atom stereocenters. The van der Waals surface area contributed by atoms with Gasteiger partial charge >= 0.3 is 6.18 Å². The van der Waals surface area contributed by atoms with Crippen LogP contribution >= 0.6 is 0 Å². The van der Waals surface area contributed by atoms with Crippen LogP contribution in [0.4, 0.5) is 13.2 Å². The van der Waals surface area contributed by atoms with E-state index in [1.54, 1.807) is 12.3 Å². The van der Waals surface area contributed by atoms with Crippen LogP contribution in [-0.2, 0) is 0 Å². The molecule has 4 nitrogen and oxygen atoms in total. The number of aliphatic imine (C=N–C) groups is 1. The Morgan fingerprint density at radius 2 is 2.13 bits per heavy atom. The molecule has 126 valence electrons. The molecule has 0 bridgehead atoms. The monoisotopic (exact) mass is 327 g/mol. The summed E-state index contributed by atoms with van der Waals surface area (Å²) in [5.74, 6) is 1.15. The van der Waals surface area contributed by atoms with Crippen LogP contribution in [-0.4, -0.2) is 35.7 Å². The smallest absolute Gasteiger partial charge is 0.422 e. The molecule has 0 saturated heterocycles. The molecule has 2 aliphatic rings. The molecule has 7 heteroatoms. The molecule has 1 aromatic rings. The fourth-order valence-corrected chi connectivity index (χ4v) is 2.53. The maximum Gasteiger partial charge on any atom is 0.422 e. The second-order valence-corrected chi connectivity index (χ2v) is 6.49. The second-order valence-electron chi connectivity index (χ2n) is 6.49. The van der Waals surface area contributed by atoms with Crippen molar-refractivity contribution in [1.29, 1.82) is 0 Å². The summed E-state index contributed by atoms with van der Waals surface area (Å²) in [4.78, 5) is 8.81. The summed E-state index contributed by atoms with van der Waals surface area (Å²) < 4.78 is 42.4. The zero-order chi connectivity index (χ0) is 16.7. The van der Waals surface area contributed by atoms with E-state index in [0.717, 1.165) is 24.8 Å². The van der Waals surface area contributed by atoms with Gasteiger partial charge in [0.05, 0.1) is 12.1 Å². The minimum Gasteiger partial charge on any atom is -0.484 e. The molecular weight excluding hydrogens is 307 g/mol. The van der Waals surface area contributed by atoms with E-state index < -0.39 is 12.8 Å². The number of nitrogens with zero attached hydrogens (tertiary/aromatic N) is 2. The first-order valence-electron chi connectivity index (χ1n) is 7.82. The Labute approximate surface area is 133 Å². The Bertz CT molecular complexity index is 625. The van der Waals surface area contributed by atoms with E-state index in [-0.39, 0.29) is 17.2 Å². The fraction of sp³-hybridized carbons (Fsp3) is 0.625. The van der Waals surface area contributed by atoms with Crippen molar-refractivity contribution >= 4 is 5.84 Å². The number of pyridine rings is 1. The number of amidine groups is 1. The van der Waals surface area contributed by atoms with Crippen molar-refractivity contribution in [1.82, 2.24) is 10.3 Å². The first-order chi connectivity index (χ1) is 10.8. The van der Waals surface area contributed by atoms with Crippen LogP contribution in [0.5, 0.6) is 5.75 Å². The van der Waals surface area contributed by atoms with Crippen molar-refractivity contribution in [2.45, 2.75) is 50.7 Å². The van der Waals surface area contributed by atoms with E-state index in [1.807, 2.05) is 0 Å². The van der Waals surface area contributed by atoms with Gasteiger partial charge in [0.25, 0.3) is 0 Å². The summed E-state index contributed by atoms with van der Waals surface area (Å²) in [6.45, 7) is 3.46. The molecule has 0 amide bonds. The largest absolute Gasteiger partial charge is 0.484 e. The standard InChI is InChI=1S/C16H20F3N3O/c1-3-15(2)8-21-14(22-15)12-6-13(23-9-16(17,18)19)11(7-20-12)10-4-5-10/h6-7,10H,3-5,8-9H2,1-2H3,(H,21,22). The second kappa shape index (κ2) is 5.69. The van der Waals surface area contributed by atoms with Gasteiger partial charge in [0.2, 0.25) is 0 Å². The van der Waals surface area contributed by atoms with Crippen molar-refractivity contribution < 1.29 is 17.9 Å². The number of hydrogen-bond acceptors (Lipinski definition) is 4. The Kier molecular flexibility index (Phi) is 3.98. The molecule has 1 unspecified atom stereocenters. The first-order valence-corrected chi connectivity index (χ1v) is 7.82. The van der Waals surface area contributed by atoms with Gasteiger partial charge in [0, 0.05) is 17.8 Å². The molecule has 0 radical (unpaired) electrons. The van der Waals surface area contributed by atoms with Crippen LogP contribution in [0.25, 0.3) is 0 Å². The normalized spacial score (nSPS) is 24.3. The topological polar surface area (TPSA) is 46.5 Å². The first kappa shape index (κ1) is 16.1. The average molecular weight is 327 g/mol. The van der Waals surface area contributed by atoms with Gasteiger partial charge in [-0.2, -0.15) is 13.2 Å². The molecule has 0 spiro atoms. The molecule has 1 aliphatic carbocycles.